The van der Waals surface area contributed by atoms with Gasteiger partial charge in [-0.25, -0.2) is 10.4 Å². The molecule has 2 rings (SSSR count). The number of aliphatic imine (C=N–C) groups is 1. The number of rotatable bonds is 12. The van der Waals surface area contributed by atoms with Gasteiger partial charge >= 0.3 is 5.97 Å². The summed E-state index contributed by atoms with van der Waals surface area (Å²) >= 11 is 0. The van der Waals surface area contributed by atoms with E-state index in [0.29, 0.717) is 42.7 Å². The Bertz CT molecular complexity index is 847. The fourth-order valence-electron chi connectivity index (χ4n) is 3.38. The number of carbonyl (C=O) groups excluding carboxylic acids is 2. The molecule has 34 heavy (non-hydrogen) atoms. The molecule has 1 aromatic rings. The molecule has 1 amide bonds. The van der Waals surface area contributed by atoms with Crippen molar-refractivity contribution in [2.75, 3.05) is 19.8 Å². The third-order valence-electron chi connectivity index (χ3n) is 5.17. The van der Waals surface area contributed by atoms with Crippen molar-refractivity contribution in [1.29, 1.82) is 0 Å². The monoisotopic (exact) mass is 477 g/mol. The number of aliphatic hydroxyl groups excluding tert-OH is 1. The number of hydrazine groups is 1. The number of nitrogens with one attached hydrogen (secondary N) is 2. The van der Waals surface area contributed by atoms with Crippen molar-refractivity contribution < 1.29 is 28.9 Å². The minimum absolute atomic E-state index is 0.0248. The summed E-state index contributed by atoms with van der Waals surface area (Å²) in [6, 6.07) is 7.18. The van der Waals surface area contributed by atoms with E-state index in [1.807, 2.05) is 13.8 Å². The lowest BCUT2D eigenvalue weighted by molar-refractivity contribution is -0.155. The highest BCUT2D eigenvalue weighted by molar-refractivity contribution is 6.00. The van der Waals surface area contributed by atoms with Crippen molar-refractivity contribution in [2.45, 2.75) is 78.0 Å². The second-order valence-electron chi connectivity index (χ2n) is 9.87. The molecule has 1 aliphatic rings. The second kappa shape index (κ2) is 12.2. The Morgan fingerprint density at radius 2 is 1.91 bits per heavy atom. The fourth-order valence-corrected chi connectivity index (χ4v) is 3.38. The number of carbonyl (C=O) groups is 2. The molecule has 0 spiro atoms. The molecule has 1 aromatic carbocycles. The Hall–Kier alpha value is -2.65. The zero-order valence-corrected chi connectivity index (χ0v) is 21.1. The topological polar surface area (TPSA) is 118 Å². The summed E-state index contributed by atoms with van der Waals surface area (Å²) in [6.07, 6.45) is 0.127. The summed E-state index contributed by atoms with van der Waals surface area (Å²) in [4.78, 5) is 30.4. The molecule has 1 heterocycles. The van der Waals surface area contributed by atoms with Gasteiger partial charge in [0, 0.05) is 31.6 Å². The van der Waals surface area contributed by atoms with Crippen molar-refractivity contribution in [3.05, 3.63) is 29.8 Å². The van der Waals surface area contributed by atoms with Gasteiger partial charge in [0.05, 0.1) is 6.61 Å². The molecule has 0 bridgehead atoms. The Balaban J connectivity index is 2.23. The van der Waals surface area contributed by atoms with Crippen molar-refractivity contribution in [3.63, 3.8) is 0 Å². The predicted molar refractivity (Wildman–Crippen MR) is 130 cm³/mol. The molecule has 2 atom stereocenters. The van der Waals surface area contributed by atoms with E-state index in [-0.39, 0.29) is 25.4 Å². The number of benzene rings is 1. The van der Waals surface area contributed by atoms with E-state index in [2.05, 4.69) is 10.9 Å². The van der Waals surface area contributed by atoms with Gasteiger partial charge in [-0.2, -0.15) is 0 Å². The molecular formula is C25H39N3O6. The van der Waals surface area contributed by atoms with Crippen LogP contribution in [0.15, 0.2) is 29.3 Å². The van der Waals surface area contributed by atoms with E-state index >= 15 is 0 Å². The van der Waals surface area contributed by atoms with Crippen LogP contribution >= 0.6 is 0 Å². The van der Waals surface area contributed by atoms with Gasteiger partial charge in [-0.3, -0.25) is 15.0 Å². The average molecular weight is 478 g/mol. The molecule has 0 aliphatic carbocycles. The summed E-state index contributed by atoms with van der Waals surface area (Å²) < 4.78 is 17.0. The SMILES string of the molecule is CC(C)CNNC(=O)[C@@]1(CCC(=O)OC(C)(C)C)N=C(c2ccc(OCCCO)cc2)O[C@H]1C. The summed E-state index contributed by atoms with van der Waals surface area (Å²) in [6.45, 7) is 12.3. The first-order chi connectivity index (χ1) is 16.0. The van der Waals surface area contributed by atoms with Gasteiger partial charge in [0.25, 0.3) is 5.91 Å². The Morgan fingerprint density at radius 3 is 2.50 bits per heavy atom. The maximum atomic E-state index is 13.3. The van der Waals surface area contributed by atoms with Gasteiger partial charge in [0.1, 0.15) is 17.5 Å². The molecule has 0 saturated carbocycles. The van der Waals surface area contributed by atoms with Crippen LogP contribution in [0.5, 0.6) is 5.75 Å². The van der Waals surface area contributed by atoms with Gasteiger partial charge < -0.3 is 19.3 Å². The first kappa shape index (κ1) is 27.6. The Kier molecular flexibility index (Phi) is 9.88. The van der Waals surface area contributed by atoms with Crippen LogP contribution in [0.25, 0.3) is 0 Å². The molecule has 9 nitrogen and oxygen atoms in total. The molecule has 0 saturated heterocycles. The third kappa shape index (κ3) is 7.99. The zero-order chi connectivity index (χ0) is 25.4. The average Bonchev–Trinajstić information content (AvgIpc) is 3.09. The Morgan fingerprint density at radius 1 is 1.24 bits per heavy atom. The minimum Gasteiger partial charge on any atom is -0.494 e. The molecule has 0 radical (unpaired) electrons. The van der Waals surface area contributed by atoms with E-state index < -0.39 is 23.2 Å². The van der Waals surface area contributed by atoms with Crippen molar-refractivity contribution in [1.82, 2.24) is 10.9 Å². The molecular weight excluding hydrogens is 438 g/mol. The smallest absolute Gasteiger partial charge is 0.306 e. The summed E-state index contributed by atoms with van der Waals surface area (Å²) in [5.74, 6) is 0.582. The van der Waals surface area contributed by atoms with Crippen molar-refractivity contribution in [3.8, 4) is 5.75 Å². The highest BCUT2D eigenvalue weighted by Gasteiger charge is 2.50. The second-order valence-corrected chi connectivity index (χ2v) is 9.87. The molecule has 1 aliphatic heterocycles. The molecule has 3 N–H and O–H groups in total. The van der Waals surface area contributed by atoms with Crippen LogP contribution in [0.3, 0.4) is 0 Å². The summed E-state index contributed by atoms with van der Waals surface area (Å²) in [5.41, 5.74) is 4.48. The van der Waals surface area contributed by atoms with Crippen LogP contribution in [0.4, 0.5) is 0 Å². The zero-order valence-electron chi connectivity index (χ0n) is 21.1. The number of aliphatic hydroxyl groups is 1. The fraction of sp³-hybridized carbons (Fsp3) is 0.640. The lowest BCUT2D eigenvalue weighted by Gasteiger charge is -2.28. The van der Waals surface area contributed by atoms with Gasteiger partial charge in [-0.15, -0.1) is 0 Å². The number of hydrogen-bond acceptors (Lipinski definition) is 8. The quantitative estimate of drug-likeness (QED) is 0.241. The van der Waals surface area contributed by atoms with Crippen LogP contribution in [0.2, 0.25) is 0 Å². The highest BCUT2D eigenvalue weighted by atomic mass is 16.6. The van der Waals surface area contributed by atoms with Crippen LogP contribution in [-0.2, 0) is 19.1 Å². The van der Waals surface area contributed by atoms with Crippen LogP contribution < -0.4 is 15.6 Å². The summed E-state index contributed by atoms with van der Waals surface area (Å²) in [7, 11) is 0. The van der Waals surface area contributed by atoms with E-state index in [1.54, 1.807) is 52.0 Å². The molecule has 0 unspecified atom stereocenters. The number of nitrogens with zero attached hydrogens (tertiary/aromatic N) is 1. The first-order valence-corrected chi connectivity index (χ1v) is 11.8. The van der Waals surface area contributed by atoms with Gasteiger partial charge in [0.2, 0.25) is 5.90 Å². The maximum Gasteiger partial charge on any atom is 0.306 e. The molecule has 0 fully saturated rings. The number of esters is 1. The highest BCUT2D eigenvalue weighted by Crippen LogP contribution is 2.33. The van der Waals surface area contributed by atoms with Crippen LogP contribution in [0.1, 0.15) is 66.4 Å². The molecule has 0 aromatic heterocycles. The van der Waals surface area contributed by atoms with E-state index in [4.69, 9.17) is 24.3 Å². The molecule has 190 valence electrons. The number of amides is 1. The van der Waals surface area contributed by atoms with Gasteiger partial charge in [0.15, 0.2) is 5.54 Å². The molecule has 9 heteroatoms. The lowest BCUT2D eigenvalue weighted by atomic mass is 9.88. The number of ether oxygens (including phenoxy) is 3. The van der Waals surface area contributed by atoms with E-state index in [9.17, 15) is 9.59 Å². The predicted octanol–water partition coefficient (Wildman–Crippen LogP) is 2.75. The Labute approximate surface area is 202 Å². The van der Waals surface area contributed by atoms with E-state index in [1.165, 1.54) is 0 Å². The third-order valence-corrected chi connectivity index (χ3v) is 5.17. The van der Waals surface area contributed by atoms with E-state index in [0.717, 1.165) is 0 Å². The maximum absolute atomic E-state index is 13.3. The van der Waals surface area contributed by atoms with Crippen LogP contribution in [0, 0.1) is 5.92 Å². The largest absolute Gasteiger partial charge is 0.494 e. The number of hydrogen-bond donors (Lipinski definition) is 3. The lowest BCUT2D eigenvalue weighted by Crippen LogP contribution is -2.55. The van der Waals surface area contributed by atoms with Crippen LogP contribution in [-0.4, -0.2) is 59.9 Å². The standard InChI is InChI=1S/C25H39N3O6/c1-17(2)16-26-28-23(31)25(13-12-21(30)34-24(4,5)6)18(3)33-22(27-25)19-8-10-20(11-9-19)32-15-7-14-29/h8-11,17-18,26,29H,7,12-16H2,1-6H3,(H,28,31)/t18-,25-/m0/s1. The summed E-state index contributed by atoms with van der Waals surface area (Å²) in [5, 5.41) is 8.89. The van der Waals surface area contributed by atoms with Crippen molar-refractivity contribution >= 4 is 17.8 Å². The normalized spacial score (nSPS) is 20.0. The minimum atomic E-state index is -1.29. The van der Waals surface area contributed by atoms with Gasteiger partial charge in [-0.05, 0) is 64.3 Å². The first-order valence-electron chi connectivity index (χ1n) is 11.8. The van der Waals surface area contributed by atoms with Gasteiger partial charge in [-0.1, -0.05) is 13.8 Å². The van der Waals surface area contributed by atoms with Crippen molar-refractivity contribution in [2.24, 2.45) is 10.9 Å².